The number of aromatic carboxylic acids is 1. The van der Waals surface area contributed by atoms with E-state index in [-0.39, 0.29) is 23.1 Å². The van der Waals surface area contributed by atoms with Gasteiger partial charge in [0.05, 0.1) is 11.3 Å². The van der Waals surface area contributed by atoms with Gasteiger partial charge in [-0.3, -0.25) is 0 Å². The van der Waals surface area contributed by atoms with Crippen molar-refractivity contribution in [2.45, 2.75) is 18.8 Å². The fourth-order valence-electron chi connectivity index (χ4n) is 1.90. The minimum absolute atomic E-state index is 0.0419. The second kappa shape index (κ2) is 4.15. The van der Waals surface area contributed by atoms with Gasteiger partial charge in [-0.1, -0.05) is 6.07 Å². The van der Waals surface area contributed by atoms with Crippen molar-refractivity contribution >= 4 is 5.97 Å². The number of carbonyl (C=O) groups is 1. The second-order valence-corrected chi connectivity index (χ2v) is 4.41. The number of benzene rings is 1. The molecule has 0 bridgehead atoms. The zero-order chi connectivity index (χ0) is 13.6. The highest BCUT2D eigenvalue weighted by molar-refractivity contribution is 5.86. The van der Waals surface area contributed by atoms with E-state index in [2.05, 4.69) is 4.98 Å². The SMILES string of the molecule is O=C(O)c1oc(-c2cccc(F)c2F)nc1C1CC1. The van der Waals surface area contributed by atoms with E-state index in [9.17, 15) is 13.6 Å². The van der Waals surface area contributed by atoms with Crippen LogP contribution in [-0.2, 0) is 0 Å². The molecule has 0 spiro atoms. The first-order valence-corrected chi connectivity index (χ1v) is 5.76. The van der Waals surface area contributed by atoms with Gasteiger partial charge in [-0.05, 0) is 25.0 Å². The Bertz CT molecular complexity index is 662. The van der Waals surface area contributed by atoms with Gasteiger partial charge in [0, 0.05) is 5.92 Å². The Morgan fingerprint density at radius 3 is 2.74 bits per heavy atom. The van der Waals surface area contributed by atoms with Crippen LogP contribution in [0.4, 0.5) is 8.78 Å². The first kappa shape index (κ1) is 11.8. The number of aromatic nitrogens is 1. The minimum Gasteiger partial charge on any atom is -0.475 e. The predicted molar refractivity (Wildman–Crippen MR) is 60.8 cm³/mol. The Labute approximate surface area is 106 Å². The standard InChI is InChI=1S/C13H9F2NO3/c14-8-3-1-2-7(9(8)15)12-16-10(6-4-5-6)11(19-12)13(17)18/h1-3,6H,4-5H2,(H,17,18). The van der Waals surface area contributed by atoms with E-state index < -0.39 is 17.6 Å². The molecule has 3 rings (SSSR count). The molecule has 1 N–H and O–H groups in total. The maximum absolute atomic E-state index is 13.6. The van der Waals surface area contributed by atoms with Crippen LogP contribution in [0.3, 0.4) is 0 Å². The molecule has 1 saturated carbocycles. The van der Waals surface area contributed by atoms with Crippen LogP contribution in [0, 0.1) is 11.6 Å². The molecule has 0 atom stereocenters. The summed E-state index contributed by atoms with van der Waals surface area (Å²) in [5.41, 5.74) is 0.139. The van der Waals surface area contributed by atoms with Crippen LogP contribution in [0.15, 0.2) is 22.6 Å². The van der Waals surface area contributed by atoms with Crippen LogP contribution in [0.25, 0.3) is 11.5 Å². The van der Waals surface area contributed by atoms with Crippen molar-refractivity contribution in [3.05, 3.63) is 41.3 Å². The van der Waals surface area contributed by atoms with Crippen molar-refractivity contribution in [2.24, 2.45) is 0 Å². The van der Waals surface area contributed by atoms with Crippen LogP contribution >= 0.6 is 0 Å². The van der Waals surface area contributed by atoms with Gasteiger partial charge in [0.25, 0.3) is 0 Å². The Morgan fingerprint density at radius 1 is 1.37 bits per heavy atom. The van der Waals surface area contributed by atoms with Crippen LogP contribution < -0.4 is 0 Å². The van der Waals surface area contributed by atoms with E-state index in [0.717, 1.165) is 18.9 Å². The molecule has 1 aliphatic rings. The quantitative estimate of drug-likeness (QED) is 0.925. The molecule has 0 saturated heterocycles. The van der Waals surface area contributed by atoms with Crippen molar-refractivity contribution in [3.8, 4) is 11.5 Å². The van der Waals surface area contributed by atoms with Crippen LogP contribution in [0.5, 0.6) is 0 Å². The van der Waals surface area contributed by atoms with Crippen molar-refractivity contribution < 1.29 is 23.1 Å². The molecular formula is C13H9F2NO3. The molecule has 0 radical (unpaired) electrons. The molecule has 19 heavy (non-hydrogen) atoms. The lowest BCUT2D eigenvalue weighted by Gasteiger charge is -1.98. The second-order valence-electron chi connectivity index (χ2n) is 4.41. The molecule has 98 valence electrons. The summed E-state index contributed by atoms with van der Waals surface area (Å²) in [6.45, 7) is 0. The summed E-state index contributed by atoms with van der Waals surface area (Å²) < 4.78 is 31.8. The van der Waals surface area contributed by atoms with E-state index in [1.807, 2.05) is 0 Å². The average Bonchev–Trinajstić information content (AvgIpc) is 3.12. The topological polar surface area (TPSA) is 63.3 Å². The first-order valence-electron chi connectivity index (χ1n) is 5.76. The molecule has 0 amide bonds. The fraction of sp³-hybridized carbons (Fsp3) is 0.231. The maximum atomic E-state index is 13.6. The van der Waals surface area contributed by atoms with Crippen molar-refractivity contribution in [1.29, 1.82) is 0 Å². The summed E-state index contributed by atoms with van der Waals surface area (Å²) in [7, 11) is 0. The van der Waals surface area contributed by atoms with E-state index in [0.29, 0.717) is 5.69 Å². The summed E-state index contributed by atoms with van der Waals surface area (Å²) in [6, 6.07) is 3.59. The highest BCUT2D eigenvalue weighted by Gasteiger charge is 2.34. The molecular weight excluding hydrogens is 256 g/mol. The molecule has 1 aromatic heterocycles. The average molecular weight is 265 g/mol. The van der Waals surface area contributed by atoms with E-state index >= 15 is 0 Å². The van der Waals surface area contributed by atoms with E-state index in [1.165, 1.54) is 12.1 Å². The molecule has 1 heterocycles. The molecule has 1 aliphatic carbocycles. The molecule has 6 heteroatoms. The van der Waals surface area contributed by atoms with Crippen molar-refractivity contribution in [3.63, 3.8) is 0 Å². The molecule has 4 nitrogen and oxygen atoms in total. The van der Waals surface area contributed by atoms with Gasteiger partial charge in [0.1, 0.15) is 0 Å². The number of carboxylic acid groups (broad SMARTS) is 1. The summed E-state index contributed by atoms with van der Waals surface area (Å²) >= 11 is 0. The van der Waals surface area contributed by atoms with Crippen molar-refractivity contribution in [2.75, 3.05) is 0 Å². The number of hydrogen-bond donors (Lipinski definition) is 1. The maximum Gasteiger partial charge on any atom is 0.373 e. The predicted octanol–water partition coefficient (Wildman–Crippen LogP) is 3.20. The van der Waals surface area contributed by atoms with Gasteiger partial charge in [-0.25, -0.2) is 18.6 Å². The Morgan fingerprint density at radius 2 is 2.11 bits per heavy atom. The van der Waals surface area contributed by atoms with Crippen LogP contribution in [0.2, 0.25) is 0 Å². The molecule has 1 fully saturated rings. The third kappa shape index (κ3) is 1.99. The summed E-state index contributed by atoms with van der Waals surface area (Å²) in [4.78, 5) is 15.1. The zero-order valence-electron chi connectivity index (χ0n) is 9.69. The molecule has 0 unspecified atom stereocenters. The number of halogens is 2. The monoisotopic (exact) mass is 265 g/mol. The molecule has 2 aromatic rings. The highest BCUT2D eigenvalue weighted by Crippen LogP contribution is 2.42. The summed E-state index contributed by atoms with van der Waals surface area (Å²) in [6.07, 6.45) is 1.66. The molecule has 1 aromatic carbocycles. The van der Waals surface area contributed by atoms with E-state index in [1.54, 1.807) is 0 Å². The summed E-state index contributed by atoms with van der Waals surface area (Å²) in [5, 5.41) is 9.02. The number of hydrogen-bond acceptors (Lipinski definition) is 3. The largest absolute Gasteiger partial charge is 0.475 e. The van der Waals surface area contributed by atoms with Gasteiger partial charge in [-0.2, -0.15) is 0 Å². The minimum atomic E-state index is -1.25. The number of rotatable bonds is 3. The number of oxazole rings is 1. The lowest BCUT2D eigenvalue weighted by Crippen LogP contribution is -1.98. The third-order valence-electron chi connectivity index (χ3n) is 2.99. The van der Waals surface area contributed by atoms with E-state index in [4.69, 9.17) is 9.52 Å². The first-order chi connectivity index (χ1) is 9.08. The third-order valence-corrected chi connectivity index (χ3v) is 2.99. The fourth-order valence-corrected chi connectivity index (χ4v) is 1.90. The Kier molecular flexibility index (Phi) is 2.58. The normalized spacial score (nSPS) is 14.6. The summed E-state index contributed by atoms with van der Waals surface area (Å²) in [5.74, 6) is -3.82. The number of nitrogens with zero attached hydrogens (tertiary/aromatic N) is 1. The van der Waals surface area contributed by atoms with Gasteiger partial charge in [0.15, 0.2) is 11.6 Å². The van der Waals surface area contributed by atoms with Crippen molar-refractivity contribution in [1.82, 2.24) is 4.98 Å². The molecule has 0 aliphatic heterocycles. The van der Waals surface area contributed by atoms with Gasteiger partial charge in [0.2, 0.25) is 11.7 Å². The van der Waals surface area contributed by atoms with Gasteiger partial charge >= 0.3 is 5.97 Å². The lowest BCUT2D eigenvalue weighted by atomic mass is 10.2. The Balaban J connectivity index is 2.13. The van der Waals surface area contributed by atoms with Crippen LogP contribution in [-0.4, -0.2) is 16.1 Å². The highest BCUT2D eigenvalue weighted by atomic mass is 19.2. The number of carboxylic acids is 1. The zero-order valence-corrected chi connectivity index (χ0v) is 9.69. The van der Waals surface area contributed by atoms with Crippen LogP contribution in [0.1, 0.15) is 35.0 Å². The Hall–Kier alpha value is -2.24. The lowest BCUT2D eigenvalue weighted by molar-refractivity contribution is 0.0661. The smallest absolute Gasteiger partial charge is 0.373 e. The van der Waals surface area contributed by atoms with Gasteiger partial charge < -0.3 is 9.52 Å². The van der Waals surface area contributed by atoms with Gasteiger partial charge in [-0.15, -0.1) is 0 Å².